The third-order valence-corrected chi connectivity index (χ3v) is 7.31. The Morgan fingerprint density at radius 3 is 2.39 bits per heavy atom. The van der Waals surface area contributed by atoms with Crippen molar-refractivity contribution in [3.8, 4) is 5.75 Å². The highest BCUT2D eigenvalue weighted by atomic mass is 32.2. The third kappa shape index (κ3) is 4.76. The van der Waals surface area contributed by atoms with Crippen molar-refractivity contribution in [3.05, 3.63) is 71.7 Å². The molecule has 0 radical (unpaired) electrons. The molecule has 1 fully saturated rings. The summed E-state index contributed by atoms with van der Waals surface area (Å²) in [5.74, 6) is -1.17. The highest BCUT2D eigenvalue weighted by Crippen LogP contribution is 2.30. The molecule has 2 amide bonds. The molecule has 0 atom stereocenters. The first-order chi connectivity index (χ1) is 15.8. The lowest BCUT2D eigenvalue weighted by Gasteiger charge is -2.17. The quantitative estimate of drug-likeness (QED) is 0.473. The van der Waals surface area contributed by atoms with Crippen molar-refractivity contribution in [2.75, 3.05) is 23.7 Å². The van der Waals surface area contributed by atoms with Gasteiger partial charge in [0.05, 0.1) is 16.8 Å². The molecule has 0 spiro atoms. The van der Waals surface area contributed by atoms with Crippen LogP contribution in [-0.4, -0.2) is 42.7 Å². The first kappa shape index (κ1) is 22.6. The molecule has 4 rings (SSSR count). The molecule has 0 aliphatic carbocycles. The minimum absolute atomic E-state index is 0.00666. The molecule has 0 bridgehead atoms. The topological polar surface area (TPSA) is 129 Å². The van der Waals surface area contributed by atoms with Crippen LogP contribution in [0.25, 0.3) is 0 Å². The number of aromatic hydroxyl groups is 1. The maximum Gasteiger partial charge on any atom is 0.291 e. The lowest BCUT2D eigenvalue weighted by Crippen LogP contribution is -2.28. The fourth-order valence-electron chi connectivity index (χ4n) is 3.54. The van der Waals surface area contributed by atoms with Crippen LogP contribution in [0.3, 0.4) is 0 Å². The second-order valence-electron chi connectivity index (χ2n) is 7.71. The van der Waals surface area contributed by atoms with Crippen LogP contribution in [-0.2, 0) is 10.0 Å². The molecule has 9 nitrogen and oxygen atoms in total. The van der Waals surface area contributed by atoms with E-state index in [1.54, 1.807) is 25.1 Å². The largest absolute Gasteiger partial charge is 0.506 e. The molecular weight excluding hydrogens is 446 g/mol. The fraction of sp³-hybridized carbons (Fsp3) is 0.217. The van der Waals surface area contributed by atoms with E-state index in [0.717, 1.165) is 18.4 Å². The van der Waals surface area contributed by atoms with Crippen molar-refractivity contribution in [3.63, 3.8) is 0 Å². The summed E-state index contributed by atoms with van der Waals surface area (Å²) < 4.78 is 32.1. The Kier molecular flexibility index (Phi) is 6.21. The molecule has 0 saturated carbocycles. The SMILES string of the molecule is Cc1ccc(C(=O)Nc2cc(S(=O)(=O)N3CCCC3)ccc2O)cc1NC(=O)c1ccco1. The Bertz CT molecular complexity index is 1300. The van der Waals surface area contributed by atoms with Gasteiger partial charge < -0.3 is 20.2 Å². The Labute approximate surface area is 191 Å². The van der Waals surface area contributed by atoms with Gasteiger partial charge in [-0.2, -0.15) is 4.31 Å². The maximum absolute atomic E-state index is 12.8. The number of carbonyl (C=O) groups excluding carboxylic acids is 2. The average molecular weight is 470 g/mol. The number of carbonyl (C=O) groups is 2. The van der Waals surface area contributed by atoms with Crippen LogP contribution in [0.5, 0.6) is 5.75 Å². The van der Waals surface area contributed by atoms with Gasteiger partial charge in [0.25, 0.3) is 11.8 Å². The van der Waals surface area contributed by atoms with Gasteiger partial charge in [0, 0.05) is 24.3 Å². The van der Waals surface area contributed by atoms with Gasteiger partial charge >= 0.3 is 0 Å². The molecule has 10 heteroatoms. The molecule has 1 saturated heterocycles. The van der Waals surface area contributed by atoms with E-state index in [1.165, 1.54) is 40.9 Å². The number of rotatable bonds is 6. The Morgan fingerprint density at radius 1 is 0.970 bits per heavy atom. The third-order valence-electron chi connectivity index (χ3n) is 5.41. The van der Waals surface area contributed by atoms with Gasteiger partial charge in [-0.15, -0.1) is 0 Å². The number of anilines is 2. The molecule has 3 N–H and O–H groups in total. The molecule has 0 unspecified atom stereocenters. The minimum Gasteiger partial charge on any atom is -0.506 e. The van der Waals surface area contributed by atoms with Crippen LogP contribution in [0.2, 0.25) is 0 Å². The first-order valence-corrected chi connectivity index (χ1v) is 11.8. The number of phenols is 1. The molecule has 172 valence electrons. The number of aryl methyl sites for hydroxylation is 1. The Hall–Kier alpha value is -3.63. The second-order valence-corrected chi connectivity index (χ2v) is 9.64. The number of hydrogen-bond acceptors (Lipinski definition) is 6. The molecule has 2 heterocycles. The smallest absolute Gasteiger partial charge is 0.291 e. The van der Waals surface area contributed by atoms with E-state index in [9.17, 15) is 23.1 Å². The minimum atomic E-state index is -3.71. The number of furan rings is 1. The molecule has 33 heavy (non-hydrogen) atoms. The predicted molar refractivity (Wildman–Crippen MR) is 122 cm³/mol. The van der Waals surface area contributed by atoms with Crippen LogP contribution < -0.4 is 10.6 Å². The lowest BCUT2D eigenvalue weighted by atomic mass is 10.1. The van der Waals surface area contributed by atoms with E-state index in [2.05, 4.69) is 10.6 Å². The van der Waals surface area contributed by atoms with Gasteiger partial charge in [0.1, 0.15) is 5.75 Å². The van der Waals surface area contributed by atoms with E-state index in [4.69, 9.17) is 4.42 Å². The van der Waals surface area contributed by atoms with Gasteiger partial charge in [0.2, 0.25) is 10.0 Å². The second kappa shape index (κ2) is 9.08. The Morgan fingerprint density at radius 2 is 1.70 bits per heavy atom. The molecule has 1 aliphatic heterocycles. The molecule has 1 aromatic heterocycles. The summed E-state index contributed by atoms with van der Waals surface area (Å²) in [5, 5.41) is 15.4. The van der Waals surface area contributed by atoms with Crippen molar-refractivity contribution in [1.82, 2.24) is 4.31 Å². The number of amides is 2. The van der Waals surface area contributed by atoms with Crippen LogP contribution in [0.15, 0.2) is 64.1 Å². The summed E-state index contributed by atoms with van der Waals surface area (Å²) in [6, 6.07) is 11.6. The van der Waals surface area contributed by atoms with E-state index in [1.807, 2.05) is 0 Å². The van der Waals surface area contributed by atoms with Crippen LogP contribution in [0.1, 0.15) is 39.3 Å². The summed E-state index contributed by atoms with van der Waals surface area (Å²) in [5.41, 5.74) is 1.33. The summed E-state index contributed by atoms with van der Waals surface area (Å²) in [7, 11) is -3.71. The van der Waals surface area contributed by atoms with E-state index in [0.29, 0.717) is 18.8 Å². The van der Waals surface area contributed by atoms with E-state index in [-0.39, 0.29) is 27.7 Å². The van der Waals surface area contributed by atoms with Gasteiger partial charge in [-0.3, -0.25) is 9.59 Å². The molecular formula is C23H23N3O6S. The van der Waals surface area contributed by atoms with Crippen molar-refractivity contribution >= 4 is 33.2 Å². The molecule has 3 aromatic rings. The monoisotopic (exact) mass is 469 g/mol. The number of sulfonamides is 1. The molecule has 2 aromatic carbocycles. The zero-order chi connectivity index (χ0) is 23.6. The van der Waals surface area contributed by atoms with Gasteiger partial charge in [-0.05, 0) is 67.8 Å². The number of nitrogens with zero attached hydrogens (tertiary/aromatic N) is 1. The zero-order valence-corrected chi connectivity index (χ0v) is 18.7. The standard InChI is InChI=1S/C23H23N3O6S/c1-15-6-7-16(13-18(15)24-23(29)21-5-4-12-32-21)22(28)25-19-14-17(8-9-20(19)27)33(30,31)26-10-2-3-11-26/h4-9,12-14,27H,2-3,10-11H2,1H3,(H,24,29)(H,25,28). The zero-order valence-electron chi connectivity index (χ0n) is 17.9. The highest BCUT2D eigenvalue weighted by molar-refractivity contribution is 7.89. The van der Waals surface area contributed by atoms with Crippen molar-refractivity contribution < 1.29 is 27.5 Å². The van der Waals surface area contributed by atoms with Gasteiger partial charge in [0.15, 0.2) is 5.76 Å². The number of nitrogens with one attached hydrogen (secondary N) is 2. The first-order valence-electron chi connectivity index (χ1n) is 10.4. The summed E-state index contributed by atoms with van der Waals surface area (Å²) in [6.07, 6.45) is 2.98. The van der Waals surface area contributed by atoms with Crippen molar-refractivity contribution in [2.45, 2.75) is 24.7 Å². The van der Waals surface area contributed by atoms with E-state index < -0.39 is 21.8 Å². The highest BCUT2D eigenvalue weighted by Gasteiger charge is 2.28. The van der Waals surface area contributed by atoms with Crippen LogP contribution >= 0.6 is 0 Å². The van der Waals surface area contributed by atoms with Crippen molar-refractivity contribution in [2.24, 2.45) is 0 Å². The number of phenolic OH excluding ortho intramolecular Hbond substituents is 1. The number of benzene rings is 2. The normalized spacial score (nSPS) is 14.2. The maximum atomic E-state index is 12.8. The van der Waals surface area contributed by atoms with Crippen LogP contribution in [0, 0.1) is 6.92 Å². The van der Waals surface area contributed by atoms with Gasteiger partial charge in [-0.25, -0.2) is 8.42 Å². The van der Waals surface area contributed by atoms with E-state index >= 15 is 0 Å². The van der Waals surface area contributed by atoms with Crippen molar-refractivity contribution in [1.29, 1.82) is 0 Å². The lowest BCUT2D eigenvalue weighted by molar-refractivity contribution is 0.0993. The summed E-state index contributed by atoms with van der Waals surface area (Å²) >= 11 is 0. The van der Waals surface area contributed by atoms with Gasteiger partial charge in [-0.1, -0.05) is 6.07 Å². The summed E-state index contributed by atoms with van der Waals surface area (Å²) in [6.45, 7) is 2.67. The fourth-order valence-corrected chi connectivity index (χ4v) is 5.08. The summed E-state index contributed by atoms with van der Waals surface area (Å²) in [4.78, 5) is 25.1. The Balaban J connectivity index is 1.55. The molecule has 1 aliphatic rings. The predicted octanol–water partition coefficient (Wildman–Crippen LogP) is 3.58. The number of hydrogen-bond donors (Lipinski definition) is 3. The van der Waals surface area contributed by atoms with Crippen LogP contribution in [0.4, 0.5) is 11.4 Å². The average Bonchev–Trinajstić information content (AvgIpc) is 3.51.